The van der Waals surface area contributed by atoms with Crippen molar-refractivity contribution >= 4 is 148 Å². The van der Waals surface area contributed by atoms with Crippen LogP contribution in [0.15, 0.2) is 253 Å². The van der Waals surface area contributed by atoms with Gasteiger partial charge in [-0.2, -0.15) is 0 Å². The maximum Gasteiger partial charge on any atom is 0.352 e. The summed E-state index contributed by atoms with van der Waals surface area (Å²) < 4.78 is 60.9. The minimum Gasteiger partial charge on any atom is -0.273 e. The van der Waals surface area contributed by atoms with E-state index < -0.39 is 45.5 Å². The number of para-hydroxylation sites is 4. The molecule has 16 rings (SSSR count). The van der Waals surface area contributed by atoms with Crippen LogP contribution >= 0.6 is 104 Å². The third kappa shape index (κ3) is 15.9. The molecule has 0 fully saturated rings. The summed E-state index contributed by atoms with van der Waals surface area (Å²) in [7, 11) is 0. The Kier molecular flexibility index (Phi) is 24.7. The normalized spacial score (nSPS) is 11.1. The van der Waals surface area contributed by atoms with E-state index in [-0.39, 0.29) is 82.6 Å². The Bertz CT molecular complexity index is 6640. The average molecular weight is 1690 g/mol. The zero-order chi connectivity index (χ0) is 79.8. The van der Waals surface area contributed by atoms with Gasteiger partial charge in [0.2, 0.25) is 0 Å². The number of hydrogen-bond donors (Lipinski definition) is 2. The summed E-state index contributed by atoms with van der Waals surface area (Å²) in [6.45, 7) is 7.26. The number of hydrogen-bond acceptors (Lipinski definition) is 8. The third-order valence-corrected chi connectivity index (χ3v) is 21.2. The Balaban J connectivity index is 0.000000139. The zero-order valence-corrected chi connectivity index (χ0v) is 65.4. The van der Waals surface area contributed by atoms with Crippen molar-refractivity contribution in [1.82, 2.24) is 38.2 Å². The highest BCUT2D eigenvalue weighted by Gasteiger charge is 2.25. The first-order valence-electron chi connectivity index (χ1n) is 33.8. The minimum absolute atomic E-state index is 0. The Morgan fingerprint density at radius 1 is 0.345 bits per heavy atom. The Hall–Kier alpha value is -10.9. The van der Waals surface area contributed by atoms with Crippen molar-refractivity contribution in [3.8, 4) is 67.3 Å². The van der Waals surface area contributed by atoms with Crippen molar-refractivity contribution in [2.45, 2.75) is 41.5 Å². The molecule has 27 heteroatoms. The lowest BCUT2D eigenvalue weighted by atomic mass is 9.95. The lowest BCUT2D eigenvalue weighted by molar-refractivity contribution is 0.510. The fraction of sp³-hybridized carbons (Fsp3) is 0.0698. The molecule has 2 N–H and O–H groups in total. The molecule has 16 aromatic rings. The van der Waals surface area contributed by atoms with Crippen molar-refractivity contribution in [3.05, 3.63) is 378 Å². The lowest BCUT2D eigenvalue weighted by Crippen LogP contribution is -2.30. The number of H-pyrrole nitrogens is 2. The van der Waals surface area contributed by atoms with Gasteiger partial charge in [0.15, 0.2) is 11.6 Å². The van der Waals surface area contributed by atoms with Crippen LogP contribution in [0, 0.1) is 44.0 Å². The number of aromatic nitrogens is 8. The van der Waals surface area contributed by atoms with Crippen LogP contribution in [-0.2, 0) is 6.42 Å². The molecule has 0 saturated heterocycles. The number of rotatable bonds is 9. The quantitative estimate of drug-likeness (QED) is 0.134. The molecular weight excluding hydrogens is 1640 g/mol. The Labute approximate surface area is 685 Å². The van der Waals surface area contributed by atoms with Crippen LogP contribution in [0.5, 0.6) is 0 Å². The topological polar surface area (TPSA) is 180 Å². The molecule has 12 aromatic carbocycles. The monoisotopic (exact) mass is 1690 g/mol. The van der Waals surface area contributed by atoms with Gasteiger partial charge in [0.05, 0.1) is 95.8 Å². The van der Waals surface area contributed by atoms with Crippen molar-refractivity contribution in [3.63, 3.8) is 0 Å². The van der Waals surface area contributed by atoms with Crippen LogP contribution in [-0.4, -0.2) is 38.2 Å². The van der Waals surface area contributed by atoms with E-state index in [0.717, 1.165) is 34.6 Å². The van der Waals surface area contributed by atoms with Gasteiger partial charge in [-0.25, -0.2) is 46.7 Å². The first-order chi connectivity index (χ1) is 53.7. The highest BCUT2D eigenvalue weighted by atomic mass is 35.5. The van der Waals surface area contributed by atoms with Crippen molar-refractivity contribution in [1.29, 1.82) is 0 Å². The number of aromatic amines is 2. The Morgan fingerprint density at radius 2 is 0.673 bits per heavy atom. The van der Waals surface area contributed by atoms with Gasteiger partial charge in [-0.05, 0) is 198 Å². The van der Waals surface area contributed by atoms with E-state index in [1.165, 1.54) is 54.8 Å². The lowest BCUT2D eigenvalue weighted by Gasteiger charge is -2.16. The molecule has 14 nitrogen and oxygen atoms in total. The molecule has 0 spiro atoms. The van der Waals surface area contributed by atoms with Crippen LogP contribution in [0.2, 0.25) is 45.2 Å². The SMILES string of the molecule is C.CCc1c(Cl)cccc1-c1cccc2c1cnc(=O)n2-c1c(Cl)cccc1Cl.Cc1cc(F)ccc1-c1cccc2c1c(=O)[nH]c(=O)n2-c1c(Cl)cccc1Cl.Cc1cc(F)ccc1-c1cccc2c1c(=O)[nH]c(=O)n2-c1c(Cl)cccc1Cl.Cc1ccc(F)c(F)c1-c1cccc2c1cnc(=O)n2-c1c(Cl)cccc1Cl. The third-order valence-electron chi connectivity index (χ3n) is 18.4. The summed E-state index contributed by atoms with van der Waals surface area (Å²) >= 11 is 56.9. The molecule has 0 unspecified atom stereocenters. The summed E-state index contributed by atoms with van der Waals surface area (Å²) in [6, 6.07) is 57.8. The van der Waals surface area contributed by atoms with Crippen LogP contribution < -0.4 is 33.9 Å². The van der Waals surface area contributed by atoms with Gasteiger partial charge in [0.25, 0.3) is 11.1 Å². The second-order valence-electron chi connectivity index (χ2n) is 25.2. The predicted molar refractivity (Wildman–Crippen MR) is 452 cm³/mol. The van der Waals surface area contributed by atoms with E-state index in [0.29, 0.717) is 92.7 Å². The van der Waals surface area contributed by atoms with Gasteiger partial charge in [-0.3, -0.25) is 37.8 Å². The van der Waals surface area contributed by atoms with Crippen LogP contribution in [0.4, 0.5) is 17.6 Å². The average Bonchev–Trinajstić information content (AvgIpc) is 0.759. The molecule has 113 heavy (non-hydrogen) atoms. The first-order valence-corrected chi connectivity index (χ1v) is 37.2. The molecule has 4 aromatic heterocycles. The number of benzene rings is 12. The second kappa shape index (κ2) is 34.2. The van der Waals surface area contributed by atoms with Gasteiger partial charge in [-0.15, -0.1) is 0 Å². The summed E-state index contributed by atoms with van der Waals surface area (Å²) in [5.74, 6) is -2.64. The smallest absolute Gasteiger partial charge is 0.273 e. The van der Waals surface area contributed by atoms with E-state index in [4.69, 9.17) is 104 Å². The maximum absolute atomic E-state index is 14.6. The fourth-order valence-electron chi connectivity index (χ4n) is 13.5. The van der Waals surface area contributed by atoms with E-state index in [2.05, 4.69) is 26.9 Å². The molecule has 0 aliphatic rings. The largest absolute Gasteiger partial charge is 0.352 e. The Morgan fingerprint density at radius 3 is 1.06 bits per heavy atom. The molecule has 0 aliphatic carbocycles. The van der Waals surface area contributed by atoms with Crippen LogP contribution in [0.25, 0.3) is 111 Å². The van der Waals surface area contributed by atoms with Crippen molar-refractivity contribution in [2.24, 2.45) is 0 Å². The van der Waals surface area contributed by atoms with Crippen molar-refractivity contribution < 1.29 is 17.6 Å². The molecule has 0 radical (unpaired) electrons. The van der Waals surface area contributed by atoms with Gasteiger partial charge < -0.3 is 0 Å². The van der Waals surface area contributed by atoms with Crippen LogP contribution in [0.1, 0.15) is 36.6 Å². The standard InChI is InChI=1S/C22H15Cl3N2O.C21H12Cl2F2N2O.2C21H13Cl2FN2O2.CH4/c1-2-13-14(6-3-8-17(13)23)15-7-4-11-20-16(15)12-26-22(28)27(20)21-18(24)9-5-10-19(21)25;1-11-8-9-16(24)19(25)18(11)12-4-2-7-17-13(12)10-26-21(28)27(17)20-14(22)5-3-6-15(20)23;2*1-11-10-12(24)8-9-13(11)14-4-2-7-17-18(14)20(27)25-21(28)26(17)19-15(22)5-3-6-16(19)23;/h3-12H,2H2,1H3;2-10H,1H3;2*2-10H,1H3,(H,25,27,28);1H4. The first kappa shape index (κ1) is 81.6. The highest BCUT2D eigenvalue weighted by Crippen LogP contribution is 2.41. The summed E-state index contributed by atoms with van der Waals surface area (Å²) in [5.41, 5.74) is 7.60. The molecule has 0 amide bonds. The minimum atomic E-state index is -0.957. The molecule has 0 saturated carbocycles. The highest BCUT2D eigenvalue weighted by molar-refractivity contribution is 6.40. The fourth-order valence-corrected chi connectivity index (χ4v) is 16.1. The van der Waals surface area contributed by atoms with E-state index in [9.17, 15) is 46.3 Å². The molecule has 0 bridgehead atoms. The van der Waals surface area contributed by atoms with Gasteiger partial charge >= 0.3 is 22.8 Å². The molecule has 4 heterocycles. The van der Waals surface area contributed by atoms with Gasteiger partial charge in [0.1, 0.15) is 11.6 Å². The van der Waals surface area contributed by atoms with Gasteiger partial charge in [0, 0.05) is 33.8 Å². The molecular formula is C86H57Cl9F4N8O6. The molecule has 568 valence electrons. The summed E-state index contributed by atoms with van der Waals surface area (Å²) in [6.07, 6.45) is 3.72. The number of nitrogens with zero attached hydrogens (tertiary/aromatic N) is 6. The number of fused-ring (bicyclic) bond motifs is 4. The maximum atomic E-state index is 14.6. The zero-order valence-electron chi connectivity index (χ0n) is 58.6. The number of halogens is 13. The van der Waals surface area contributed by atoms with Crippen molar-refractivity contribution in [2.75, 3.05) is 0 Å². The molecule has 0 atom stereocenters. The van der Waals surface area contributed by atoms with E-state index >= 15 is 0 Å². The van der Waals surface area contributed by atoms with E-state index in [1.54, 1.807) is 166 Å². The number of aryl methyl sites for hydroxylation is 3. The molecule has 0 aliphatic heterocycles. The number of nitrogens with one attached hydrogen (secondary N) is 2. The second-order valence-corrected chi connectivity index (χ2v) is 28.9. The summed E-state index contributed by atoms with van der Waals surface area (Å²) in [4.78, 5) is 88.7. The van der Waals surface area contributed by atoms with Crippen LogP contribution in [0.3, 0.4) is 0 Å². The van der Waals surface area contributed by atoms with Gasteiger partial charge in [-0.1, -0.05) is 222 Å². The van der Waals surface area contributed by atoms with E-state index in [1.807, 2.05) is 36.4 Å². The summed E-state index contributed by atoms with van der Waals surface area (Å²) in [5, 5.41) is 4.94. The predicted octanol–water partition coefficient (Wildman–Crippen LogP) is 23.4.